The quantitative estimate of drug-likeness (QED) is 0.944. The Morgan fingerprint density at radius 1 is 1.28 bits per heavy atom. The van der Waals surface area contributed by atoms with E-state index >= 15 is 0 Å². The highest BCUT2D eigenvalue weighted by Gasteiger charge is 2.04. The second-order valence-corrected chi connectivity index (χ2v) is 5.21. The van der Waals surface area contributed by atoms with Gasteiger partial charge in [-0.3, -0.25) is 0 Å². The Hall–Kier alpha value is -1.26. The lowest BCUT2D eigenvalue weighted by Crippen LogP contribution is -2.21. The molecule has 0 spiro atoms. The minimum atomic E-state index is 0.185. The zero-order valence-electron chi connectivity index (χ0n) is 10.3. The smallest absolute Gasteiger partial charge is 0.159 e. The van der Waals surface area contributed by atoms with Crippen molar-refractivity contribution >= 4 is 15.9 Å². The molecule has 0 bridgehead atoms. The molecule has 1 aromatic carbocycles. The molecule has 0 saturated carbocycles. The fraction of sp³-hybridized carbons (Fsp3) is 0.286. The highest BCUT2D eigenvalue weighted by molar-refractivity contribution is 9.10. The maximum absolute atomic E-state index is 5.91. The number of halogens is 1. The molecular weight excluding hydrogens is 290 g/mol. The summed E-state index contributed by atoms with van der Waals surface area (Å²) in [4.78, 5) is 8.78. The molecule has 0 aliphatic rings. The maximum atomic E-state index is 5.91. The van der Waals surface area contributed by atoms with Crippen LogP contribution in [-0.4, -0.2) is 16.0 Å². The molecule has 2 aromatic rings. The average Bonchev–Trinajstić information content (AvgIpc) is 2.39. The van der Waals surface area contributed by atoms with Gasteiger partial charge in [0, 0.05) is 28.5 Å². The second kappa shape index (κ2) is 6.07. The summed E-state index contributed by atoms with van der Waals surface area (Å²) < 4.78 is 1.03. The van der Waals surface area contributed by atoms with Gasteiger partial charge in [-0.05, 0) is 30.5 Å². The molecule has 0 fully saturated rings. The van der Waals surface area contributed by atoms with Gasteiger partial charge in [0.1, 0.15) is 0 Å². The lowest BCUT2D eigenvalue weighted by Gasteiger charge is -2.08. The summed E-state index contributed by atoms with van der Waals surface area (Å²) in [5.74, 6) is 0.741. The van der Waals surface area contributed by atoms with Crippen LogP contribution in [0, 0.1) is 0 Å². The summed E-state index contributed by atoms with van der Waals surface area (Å²) in [7, 11) is 0. The highest BCUT2D eigenvalue weighted by atomic mass is 79.9. The predicted molar refractivity (Wildman–Crippen MR) is 77.1 cm³/mol. The summed E-state index contributed by atoms with van der Waals surface area (Å²) in [5, 5.41) is 0. The maximum Gasteiger partial charge on any atom is 0.159 e. The minimum Gasteiger partial charge on any atom is -0.327 e. The zero-order valence-corrected chi connectivity index (χ0v) is 11.9. The molecule has 0 saturated heterocycles. The predicted octanol–water partition coefficient (Wildman–Crippen LogP) is 3.19. The van der Waals surface area contributed by atoms with Crippen molar-refractivity contribution < 1.29 is 0 Å². The van der Waals surface area contributed by atoms with Gasteiger partial charge in [-0.2, -0.15) is 0 Å². The molecule has 0 aliphatic carbocycles. The normalized spacial score (nSPS) is 12.4. The number of nitrogens with zero attached hydrogens (tertiary/aromatic N) is 2. The molecule has 1 unspecified atom stereocenters. The lowest BCUT2D eigenvalue weighted by atomic mass is 10.1. The van der Waals surface area contributed by atoms with Crippen molar-refractivity contribution in [2.24, 2.45) is 5.73 Å². The van der Waals surface area contributed by atoms with Crippen LogP contribution in [0.1, 0.15) is 18.9 Å². The van der Waals surface area contributed by atoms with E-state index in [1.807, 2.05) is 36.7 Å². The fourth-order valence-electron chi connectivity index (χ4n) is 1.68. The zero-order chi connectivity index (χ0) is 13.0. The van der Waals surface area contributed by atoms with Crippen LogP contribution in [0.4, 0.5) is 0 Å². The number of rotatable bonds is 4. The van der Waals surface area contributed by atoms with Crippen LogP contribution in [-0.2, 0) is 6.42 Å². The van der Waals surface area contributed by atoms with Crippen molar-refractivity contribution in [1.29, 1.82) is 0 Å². The Bertz CT molecular complexity index is 511. The van der Waals surface area contributed by atoms with Crippen LogP contribution in [0.3, 0.4) is 0 Å². The Morgan fingerprint density at radius 3 is 2.61 bits per heavy atom. The first kappa shape index (κ1) is 13.2. The van der Waals surface area contributed by atoms with Gasteiger partial charge in [0.2, 0.25) is 0 Å². The standard InChI is InChI=1S/C14H16BrN3/c1-2-13(16)6-10-8-17-14(18-9-10)11-4-3-5-12(15)7-11/h3-5,7-9,13H,2,6,16H2,1H3. The summed E-state index contributed by atoms with van der Waals surface area (Å²) in [6.07, 6.45) is 5.51. The van der Waals surface area contributed by atoms with E-state index in [2.05, 4.69) is 32.8 Å². The van der Waals surface area contributed by atoms with Gasteiger partial charge >= 0.3 is 0 Å². The van der Waals surface area contributed by atoms with Crippen LogP contribution in [0.15, 0.2) is 41.1 Å². The molecule has 3 nitrogen and oxygen atoms in total. The van der Waals surface area contributed by atoms with E-state index in [4.69, 9.17) is 5.73 Å². The number of aromatic nitrogens is 2. The third-order valence-electron chi connectivity index (χ3n) is 2.81. The van der Waals surface area contributed by atoms with E-state index in [9.17, 15) is 0 Å². The molecular formula is C14H16BrN3. The van der Waals surface area contributed by atoms with Gasteiger partial charge < -0.3 is 5.73 Å². The summed E-state index contributed by atoms with van der Waals surface area (Å²) in [5.41, 5.74) is 8.01. The molecule has 0 aliphatic heterocycles. The van der Waals surface area contributed by atoms with Crippen LogP contribution >= 0.6 is 15.9 Å². The van der Waals surface area contributed by atoms with Gasteiger partial charge in [0.25, 0.3) is 0 Å². The van der Waals surface area contributed by atoms with Gasteiger partial charge in [-0.25, -0.2) is 9.97 Å². The van der Waals surface area contributed by atoms with E-state index in [-0.39, 0.29) is 6.04 Å². The Labute approximate surface area is 116 Å². The number of hydrogen-bond donors (Lipinski definition) is 1. The monoisotopic (exact) mass is 305 g/mol. The molecule has 1 aromatic heterocycles. The molecule has 0 radical (unpaired) electrons. The van der Waals surface area contributed by atoms with E-state index in [1.165, 1.54) is 0 Å². The number of nitrogens with two attached hydrogens (primary N) is 1. The van der Waals surface area contributed by atoms with Crippen LogP contribution in [0.25, 0.3) is 11.4 Å². The van der Waals surface area contributed by atoms with Crippen LogP contribution < -0.4 is 5.73 Å². The van der Waals surface area contributed by atoms with Gasteiger partial charge in [0.05, 0.1) is 0 Å². The average molecular weight is 306 g/mol. The first-order valence-electron chi connectivity index (χ1n) is 6.01. The Balaban J connectivity index is 2.17. The first-order chi connectivity index (χ1) is 8.69. The lowest BCUT2D eigenvalue weighted by molar-refractivity contribution is 0.643. The summed E-state index contributed by atoms with van der Waals surface area (Å²) in [6.45, 7) is 2.08. The molecule has 4 heteroatoms. The molecule has 94 valence electrons. The van der Waals surface area contributed by atoms with Crippen LogP contribution in [0.5, 0.6) is 0 Å². The molecule has 2 rings (SSSR count). The van der Waals surface area contributed by atoms with E-state index in [0.717, 1.165) is 34.3 Å². The number of hydrogen-bond acceptors (Lipinski definition) is 3. The SMILES string of the molecule is CCC(N)Cc1cnc(-c2cccc(Br)c2)nc1. The van der Waals surface area contributed by atoms with Crippen LogP contribution in [0.2, 0.25) is 0 Å². The first-order valence-corrected chi connectivity index (χ1v) is 6.80. The third kappa shape index (κ3) is 3.37. The van der Waals surface area contributed by atoms with Crippen molar-refractivity contribution in [3.05, 3.63) is 46.7 Å². The highest BCUT2D eigenvalue weighted by Crippen LogP contribution is 2.19. The molecule has 18 heavy (non-hydrogen) atoms. The van der Waals surface area contributed by atoms with Crippen molar-refractivity contribution in [2.75, 3.05) is 0 Å². The van der Waals surface area contributed by atoms with Gasteiger partial charge in [-0.15, -0.1) is 0 Å². The Morgan fingerprint density at radius 2 is 2.00 bits per heavy atom. The van der Waals surface area contributed by atoms with Crippen molar-refractivity contribution in [2.45, 2.75) is 25.8 Å². The van der Waals surface area contributed by atoms with Gasteiger partial charge in [0.15, 0.2) is 5.82 Å². The molecule has 2 N–H and O–H groups in total. The van der Waals surface area contributed by atoms with E-state index in [1.54, 1.807) is 0 Å². The fourth-order valence-corrected chi connectivity index (χ4v) is 2.08. The van der Waals surface area contributed by atoms with Crippen molar-refractivity contribution in [3.63, 3.8) is 0 Å². The second-order valence-electron chi connectivity index (χ2n) is 4.30. The van der Waals surface area contributed by atoms with E-state index in [0.29, 0.717) is 0 Å². The number of benzene rings is 1. The minimum absolute atomic E-state index is 0.185. The summed E-state index contributed by atoms with van der Waals surface area (Å²) in [6, 6.07) is 8.15. The van der Waals surface area contributed by atoms with E-state index < -0.39 is 0 Å². The molecule has 1 heterocycles. The topological polar surface area (TPSA) is 51.8 Å². The van der Waals surface area contributed by atoms with Crippen molar-refractivity contribution in [3.8, 4) is 11.4 Å². The largest absolute Gasteiger partial charge is 0.327 e. The van der Waals surface area contributed by atoms with Crippen molar-refractivity contribution in [1.82, 2.24) is 9.97 Å². The summed E-state index contributed by atoms with van der Waals surface area (Å²) >= 11 is 3.44. The molecule has 1 atom stereocenters. The third-order valence-corrected chi connectivity index (χ3v) is 3.30. The Kier molecular flexibility index (Phi) is 4.44. The van der Waals surface area contributed by atoms with Gasteiger partial charge in [-0.1, -0.05) is 35.0 Å². The molecule has 0 amide bonds.